The highest BCUT2D eigenvalue weighted by Crippen LogP contribution is 2.17. The molecule has 0 bridgehead atoms. The first-order chi connectivity index (χ1) is 10.1. The summed E-state index contributed by atoms with van der Waals surface area (Å²) in [5.41, 5.74) is -0.0244. The summed E-state index contributed by atoms with van der Waals surface area (Å²) in [5, 5.41) is 10.5. The quantitative estimate of drug-likeness (QED) is 0.601. The number of furan rings is 1. The van der Waals surface area contributed by atoms with Crippen LogP contribution in [0.2, 0.25) is 0 Å². The second-order valence-electron chi connectivity index (χ2n) is 4.37. The third-order valence-corrected chi connectivity index (χ3v) is 2.81. The van der Waals surface area contributed by atoms with Crippen LogP contribution in [0.3, 0.4) is 0 Å². The zero-order chi connectivity index (χ0) is 15.2. The van der Waals surface area contributed by atoms with Crippen LogP contribution in [0.25, 0.3) is 0 Å². The second kappa shape index (κ2) is 6.56. The van der Waals surface area contributed by atoms with Gasteiger partial charge in [-0.25, -0.2) is 0 Å². The zero-order valence-electron chi connectivity index (χ0n) is 11.4. The van der Waals surface area contributed by atoms with Gasteiger partial charge in [0.25, 0.3) is 11.6 Å². The maximum Gasteiger partial charge on any atom is 0.269 e. The first-order valence-corrected chi connectivity index (χ1v) is 6.20. The highest BCUT2D eigenvalue weighted by atomic mass is 16.6. The molecule has 0 aliphatic carbocycles. The summed E-state index contributed by atoms with van der Waals surface area (Å²) in [7, 11) is 1.64. The van der Waals surface area contributed by atoms with Crippen molar-refractivity contribution >= 4 is 11.6 Å². The molecule has 1 amide bonds. The summed E-state index contributed by atoms with van der Waals surface area (Å²) in [6.45, 7) is 0.213. The lowest BCUT2D eigenvalue weighted by atomic mass is 10.3. The van der Waals surface area contributed by atoms with Gasteiger partial charge in [-0.3, -0.25) is 14.9 Å². The lowest BCUT2D eigenvalue weighted by molar-refractivity contribution is -0.384. The molecule has 0 radical (unpaired) electrons. The summed E-state index contributed by atoms with van der Waals surface area (Å²) in [5.74, 6) is 0.867. The van der Waals surface area contributed by atoms with Gasteiger partial charge in [-0.2, -0.15) is 0 Å². The SMILES string of the molecule is CN(Cc1ccco1)C(=O)COc1ccc([N+](=O)[O-])cc1. The van der Waals surface area contributed by atoms with E-state index in [1.165, 1.54) is 29.2 Å². The maximum absolute atomic E-state index is 11.9. The molecule has 2 rings (SSSR count). The van der Waals surface area contributed by atoms with Crippen molar-refractivity contribution in [2.75, 3.05) is 13.7 Å². The van der Waals surface area contributed by atoms with Crippen LogP contribution in [0.15, 0.2) is 47.1 Å². The van der Waals surface area contributed by atoms with Crippen LogP contribution >= 0.6 is 0 Å². The number of amides is 1. The number of likely N-dealkylation sites (N-methyl/N-ethyl adjacent to an activating group) is 1. The summed E-state index contributed by atoms with van der Waals surface area (Å²) < 4.78 is 10.5. The minimum atomic E-state index is -0.494. The van der Waals surface area contributed by atoms with Gasteiger partial charge >= 0.3 is 0 Å². The number of carbonyl (C=O) groups excluding carboxylic acids is 1. The number of non-ortho nitro benzene ring substituents is 1. The molecule has 0 unspecified atom stereocenters. The van der Waals surface area contributed by atoms with Gasteiger partial charge in [0.2, 0.25) is 0 Å². The van der Waals surface area contributed by atoms with Gasteiger partial charge in [0, 0.05) is 19.2 Å². The Labute approximate surface area is 120 Å². The van der Waals surface area contributed by atoms with Crippen LogP contribution in [-0.2, 0) is 11.3 Å². The van der Waals surface area contributed by atoms with Crippen LogP contribution in [0, 0.1) is 10.1 Å². The Balaban J connectivity index is 1.84. The first kappa shape index (κ1) is 14.6. The molecule has 0 saturated heterocycles. The highest BCUT2D eigenvalue weighted by Gasteiger charge is 2.12. The lowest BCUT2D eigenvalue weighted by Gasteiger charge is -2.16. The molecule has 0 saturated carbocycles. The van der Waals surface area contributed by atoms with Crippen molar-refractivity contribution in [2.45, 2.75) is 6.54 Å². The van der Waals surface area contributed by atoms with E-state index in [-0.39, 0.29) is 18.2 Å². The van der Waals surface area contributed by atoms with Crippen LogP contribution in [0.1, 0.15) is 5.76 Å². The number of carbonyl (C=O) groups is 1. The number of nitrogens with zero attached hydrogens (tertiary/aromatic N) is 2. The van der Waals surface area contributed by atoms with Gasteiger partial charge in [0.15, 0.2) is 6.61 Å². The molecular formula is C14H14N2O5. The fraction of sp³-hybridized carbons (Fsp3) is 0.214. The zero-order valence-corrected chi connectivity index (χ0v) is 11.4. The fourth-order valence-corrected chi connectivity index (χ4v) is 1.64. The molecule has 2 aromatic rings. The Bertz CT molecular complexity index is 607. The molecule has 7 heteroatoms. The standard InChI is InChI=1S/C14H14N2O5/c1-15(9-13-3-2-8-20-13)14(17)10-21-12-6-4-11(5-7-12)16(18)19/h2-8H,9-10H2,1H3. The van der Waals surface area contributed by atoms with E-state index in [2.05, 4.69) is 0 Å². The van der Waals surface area contributed by atoms with E-state index >= 15 is 0 Å². The molecule has 21 heavy (non-hydrogen) atoms. The molecular weight excluding hydrogens is 276 g/mol. The van der Waals surface area contributed by atoms with Gasteiger partial charge in [-0.15, -0.1) is 0 Å². The third-order valence-electron chi connectivity index (χ3n) is 2.81. The van der Waals surface area contributed by atoms with Crippen LogP contribution in [0.5, 0.6) is 5.75 Å². The number of benzene rings is 1. The number of nitro groups is 1. The minimum absolute atomic E-state index is 0.0244. The van der Waals surface area contributed by atoms with Crippen LogP contribution in [0.4, 0.5) is 5.69 Å². The van der Waals surface area contributed by atoms with Crippen molar-refractivity contribution in [2.24, 2.45) is 0 Å². The number of hydrogen-bond acceptors (Lipinski definition) is 5. The Hall–Kier alpha value is -2.83. The molecule has 0 spiro atoms. The predicted molar refractivity (Wildman–Crippen MR) is 73.8 cm³/mol. The average Bonchev–Trinajstić information content (AvgIpc) is 2.98. The topological polar surface area (TPSA) is 85.8 Å². The predicted octanol–water partition coefficient (Wildman–Crippen LogP) is 2.23. The largest absolute Gasteiger partial charge is 0.484 e. The average molecular weight is 290 g/mol. The third kappa shape index (κ3) is 4.07. The van der Waals surface area contributed by atoms with E-state index in [1.54, 1.807) is 25.4 Å². The molecule has 0 N–H and O–H groups in total. The van der Waals surface area contributed by atoms with Crippen LogP contribution < -0.4 is 4.74 Å². The van der Waals surface area contributed by atoms with E-state index in [0.29, 0.717) is 18.1 Å². The van der Waals surface area contributed by atoms with E-state index in [0.717, 1.165) is 0 Å². The molecule has 0 aliphatic rings. The van der Waals surface area contributed by atoms with Gasteiger partial charge < -0.3 is 14.1 Å². The summed E-state index contributed by atoms with van der Waals surface area (Å²) in [4.78, 5) is 23.4. The van der Waals surface area contributed by atoms with Crippen molar-refractivity contribution in [3.05, 3.63) is 58.5 Å². The molecule has 110 valence electrons. The van der Waals surface area contributed by atoms with Crippen LogP contribution in [-0.4, -0.2) is 29.4 Å². The summed E-state index contributed by atoms with van der Waals surface area (Å²) in [6, 6.07) is 9.09. The minimum Gasteiger partial charge on any atom is -0.484 e. The normalized spacial score (nSPS) is 10.1. The smallest absolute Gasteiger partial charge is 0.269 e. The number of nitro benzene ring substituents is 1. The fourth-order valence-electron chi connectivity index (χ4n) is 1.64. The molecule has 0 atom stereocenters. The van der Waals surface area contributed by atoms with Gasteiger partial charge in [-0.05, 0) is 24.3 Å². The molecule has 1 heterocycles. The van der Waals surface area contributed by atoms with E-state index in [9.17, 15) is 14.9 Å². The van der Waals surface area contributed by atoms with Gasteiger partial charge in [-0.1, -0.05) is 0 Å². The van der Waals surface area contributed by atoms with E-state index < -0.39 is 4.92 Å². The Kier molecular flexibility index (Phi) is 4.55. The Morgan fingerprint density at radius 3 is 2.62 bits per heavy atom. The molecule has 0 aliphatic heterocycles. The van der Waals surface area contributed by atoms with Crippen molar-refractivity contribution in [1.82, 2.24) is 4.90 Å². The van der Waals surface area contributed by atoms with Crippen molar-refractivity contribution in [3.63, 3.8) is 0 Å². The number of hydrogen-bond donors (Lipinski definition) is 0. The Morgan fingerprint density at radius 2 is 2.05 bits per heavy atom. The van der Waals surface area contributed by atoms with Gasteiger partial charge in [0.1, 0.15) is 11.5 Å². The molecule has 0 fully saturated rings. The monoisotopic (exact) mass is 290 g/mol. The molecule has 1 aromatic carbocycles. The van der Waals surface area contributed by atoms with E-state index in [1.807, 2.05) is 0 Å². The first-order valence-electron chi connectivity index (χ1n) is 6.20. The Morgan fingerprint density at radius 1 is 1.33 bits per heavy atom. The van der Waals surface area contributed by atoms with Crippen molar-refractivity contribution in [1.29, 1.82) is 0 Å². The van der Waals surface area contributed by atoms with E-state index in [4.69, 9.17) is 9.15 Å². The van der Waals surface area contributed by atoms with Crippen molar-refractivity contribution < 1.29 is 18.9 Å². The highest BCUT2D eigenvalue weighted by molar-refractivity contribution is 5.77. The number of rotatable bonds is 6. The van der Waals surface area contributed by atoms with Gasteiger partial charge in [0.05, 0.1) is 17.7 Å². The van der Waals surface area contributed by atoms with Crippen molar-refractivity contribution in [3.8, 4) is 5.75 Å². The lowest BCUT2D eigenvalue weighted by Crippen LogP contribution is -2.30. The second-order valence-corrected chi connectivity index (χ2v) is 4.37. The summed E-state index contributed by atoms with van der Waals surface area (Å²) >= 11 is 0. The summed E-state index contributed by atoms with van der Waals surface area (Å²) in [6.07, 6.45) is 1.54. The molecule has 1 aromatic heterocycles. The maximum atomic E-state index is 11.9. The molecule has 7 nitrogen and oxygen atoms in total. The number of ether oxygens (including phenoxy) is 1.